The topological polar surface area (TPSA) is 57.4 Å². The molecule has 2 N–H and O–H groups in total. The Morgan fingerprint density at radius 2 is 1.82 bits per heavy atom. The van der Waals surface area contributed by atoms with Crippen molar-refractivity contribution < 1.29 is 9.53 Å². The molecular formula is C23H25N3O2. The minimum Gasteiger partial charge on any atom is -0.368 e. The van der Waals surface area contributed by atoms with E-state index in [0.29, 0.717) is 19.6 Å². The Kier molecular flexibility index (Phi) is 4.32. The van der Waals surface area contributed by atoms with E-state index < -0.39 is 0 Å². The first-order chi connectivity index (χ1) is 13.8. The molecule has 3 heterocycles. The first-order valence-electron chi connectivity index (χ1n) is 10.1. The van der Waals surface area contributed by atoms with Crippen molar-refractivity contribution in [1.82, 2.24) is 15.2 Å². The largest absolute Gasteiger partial charge is 0.368 e. The van der Waals surface area contributed by atoms with Crippen molar-refractivity contribution >= 4 is 16.9 Å². The van der Waals surface area contributed by atoms with E-state index in [1.807, 2.05) is 35.2 Å². The van der Waals surface area contributed by atoms with Crippen LogP contribution >= 0.6 is 0 Å². The van der Waals surface area contributed by atoms with Crippen LogP contribution in [-0.2, 0) is 23.3 Å². The van der Waals surface area contributed by atoms with E-state index in [2.05, 4.69) is 34.6 Å². The highest BCUT2D eigenvalue weighted by Gasteiger charge is 2.43. The number of rotatable bonds is 2. The number of carbonyl (C=O) groups is 1. The summed E-state index contributed by atoms with van der Waals surface area (Å²) in [5.74, 6) is 0. The van der Waals surface area contributed by atoms with Gasteiger partial charge in [0.25, 0.3) is 0 Å². The van der Waals surface area contributed by atoms with Crippen LogP contribution in [0.1, 0.15) is 29.7 Å². The van der Waals surface area contributed by atoms with Gasteiger partial charge in [-0.3, -0.25) is 0 Å². The molecule has 28 heavy (non-hydrogen) atoms. The molecule has 5 heteroatoms. The fraction of sp³-hybridized carbons (Fsp3) is 0.348. The van der Waals surface area contributed by atoms with E-state index in [0.717, 1.165) is 31.4 Å². The molecule has 0 atom stereocenters. The average molecular weight is 375 g/mol. The van der Waals surface area contributed by atoms with E-state index in [-0.39, 0.29) is 11.6 Å². The maximum Gasteiger partial charge on any atom is 0.317 e. The summed E-state index contributed by atoms with van der Waals surface area (Å²) in [5.41, 5.74) is 4.62. The highest BCUT2D eigenvalue weighted by molar-refractivity contribution is 5.85. The van der Waals surface area contributed by atoms with Crippen molar-refractivity contribution in [3.05, 3.63) is 71.4 Å². The molecule has 0 aliphatic carbocycles. The molecule has 1 fully saturated rings. The summed E-state index contributed by atoms with van der Waals surface area (Å²) < 4.78 is 6.33. The molecule has 2 aliphatic heterocycles. The number of aromatic nitrogens is 1. The number of amides is 2. The maximum atomic E-state index is 12.6. The molecule has 2 amide bonds. The third-order valence-corrected chi connectivity index (χ3v) is 6.14. The van der Waals surface area contributed by atoms with Gasteiger partial charge in [-0.2, -0.15) is 0 Å². The summed E-state index contributed by atoms with van der Waals surface area (Å²) in [6, 6.07) is 18.5. The molecule has 5 nitrogen and oxygen atoms in total. The number of H-pyrrole nitrogens is 1. The number of aromatic amines is 1. The molecule has 0 unspecified atom stereocenters. The molecule has 1 saturated heterocycles. The van der Waals surface area contributed by atoms with Crippen LogP contribution in [0.2, 0.25) is 0 Å². The van der Waals surface area contributed by atoms with Gasteiger partial charge in [-0.25, -0.2) is 4.79 Å². The van der Waals surface area contributed by atoms with Crippen LogP contribution in [0.3, 0.4) is 0 Å². The zero-order chi connectivity index (χ0) is 19.0. The van der Waals surface area contributed by atoms with Crippen molar-refractivity contribution in [2.75, 3.05) is 19.7 Å². The highest BCUT2D eigenvalue weighted by Crippen LogP contribution is 2.43. The van der Waals surface area contributed by atoms with Crippen LogP contribution in [0.5, 0.6) is 0 Å². The Bertz CT molecular complexity index is 988. The van der Waals surface area contributed by atoms with Crippen molar-refractivity contribution in [2.24, 2.45) is 0 Å². The van der Waals surface area contributed by atoms with Gasteiger partial charge in [-0.1, -0.05) is 48.5 Å². The third-order valence-electron chi connectivity index (χ3n) is 6.14. The van der Waals surface area contributed by atoms with Crippen LogP contribution in [0.15, 0.2) is 54.6 Å². The standard InChI is InChI=1S/C23H25N3O2/c27-22(24-16-17-6-2-1-3-7-17)26-13-11-23(12-14-26)21-19(10-15-28-23)18-8-4-5-9-20(18)25-21/h1-9,25H,10-16H2,(H,24,27). The molecular weight excluding hydrogens is 350 g/mol. The highest BCUT2D eigenvalue weighted by atomic mass is 16.5. The van der Waals surface area contributed by atoms with E-state index in [4.69, 9.17) is 4.74 Å². The number of hydrogen-bond donors (Lipinski definition) is 2. The normalized spacial score (nSPS) is 18.2. The number of nitrogens with one attached hydrogen (secondary N) is 2. The molecule has 0 bridgehead atoms. The molecule has 2 aliphatic rings. The molecule has 0 radical (unpaired) electrons. The van der Waals surface area contributed by atoms with Gasteiger partial charge in [0.05, 0.1) is 12.3 Å². The van der Waals surface area contributed by atoms with Gasteiger partial charge < -0.3 is 19.9 Å². The number of piperidine rings is 1. The van der Waals surface area contributed by atoms with Crippen LogP contribution in [0.4, 0.5) is 4.79 Å². The SMILES string of the molecule is O=C(NCc1ccccc1)N1CCC2(CC1)OCCc1c2[nH]c2ccccc12. The monoisotopic (exact) mass is 375 g/mol. The van der Waals surface area contributed by atoms with E-state index in [9.17, 15) is 4.79 Å². The molecule has 144 valence electrons. The predicted molar refractivity (Wildman–Crippen MR) is 109 cm³/mol. The molecule has 1 spiro atoms. The summed E-state index contributed by atoms with van der Waals surface area (Å²) >= 11 is 0. The minimum atomic E-state index is -0.289. The number of hydrogen-bond acceptors (Lipinski definition) is 2. The summed E-state index contributed by atoms with van der Waals surface area (Å²) in [4.78, 5) is 18.1. The van der Waals surface area contributed by atoms with Gasteiger partial charge in [-0.15, -0.1) is 0 Å². The Hall–Kier alpha value is -2.79. The van der Waals surface area contributed by atoms with Gasteiger partial charge in [-0.05, 0) is 36.5 Å². The summed E-state index contributed by atoms with van der Waals surface area (Å²) in [5, 5.41) is 4.35. The van der Waals surface area contributed by atoms with Crippen molar-refractivity contribution in [1.29, 1.82) is 0 Å². The number of benzene rings is 2. The maximum absolute atomic E-state index is 12.6. The number of para-hydroxylation sites is 1. The van der Waals surface area contributed by atoms with Crippen molar-refractivity contribution in [3.8, 4) is 0 Å². The average Bonchev–Trinajstić information content (AvgIpc) is 3.14. The second kappa shape index (κ2) is 6.99. The number of fused-ring (bicyclic) bond motifs is 4. The van der Waals surface area contributed by atoms with E-state index >= 15 is 0 Å². The third kappa shape index (κ3) is 2.96. The summed E-state index contributed by atoms with van der Waals surface area (Å²) in [6.45, 7) is 2.71. The lowest BCUT2D eigenvalue weighted by atomic mass is 9.83. The summed E-state index contributed by atoms with van der Waals surface area (Å²) in [7, 11) is 0. The van der Waals surface area contributed by atoms with Crippen LogP contribution in [-0.4, -0.2) is 35.6 Å². The second-order valence-electron chi connectivity index (χ2n) is 7.75. The number of likely N-dealkylation sites (tertiary alicyclic amines) is 1. The fourth-order valence-electron chi connectivity index (χ4n) is 4.62. The first kappa shape index (κ1) is 17.3. The Labute approximate surface area is 164 Å². The lowest BCUT2D eigenvalue weighted by molar-refractivity contribution is -0.0948. The Morgan fingerprint density at radius 3 is 2.64 bits per heavy atom. The molecule has 1 aromatic heterocycles. The van der Waals surface area contributed by atoms with E-state index in [1.165, 1.54) is 22.2 Å². The Morgan fingerprint density at radius 1 is 1.07 bits per heavy atom. The van der Waals surface area contributed by atoms with Crippen molar-refractivity contribution in [3.63, 3.8) is 0 Å². The number of nitrogens with zero attached hydrogens (tertiary/aromatic N) is 1. The van der Waals surface area contributed by atoms with E-state index in [1.54, 1.807) is 0 Å². The van der Waals surface area contributed by atoms with Crippen LogP contribution < -0.4 is 5.32 Å². The molecule has 3 aromatic rings. The first-order valence-corrected chi connectivity index (χ1v) is 10.1. The minimum absolute atomic E-state index is 0.00591. The van der Waals surface area contributed by atoms with Gasteiger partial charge in [0, 0.05) is 30.5 Å². The lowest BCUT2D eigenvalue weighted by Crippen LogP contribution is -2.50. The quantitative estimate of drug-likeness (QED) is 0.713. The second-order valence-corrected chi connectivity index (χ2v) is 7.75. The predicted octanol–water partition coefficient (Wildman–Crippen LogP) is 3.94. The fourth-order valence-corrected chi connectivity index (χ4v) is 4.62. The zero-order valence-corrected chi connectivity index (χ0v) is 15.9. The number of urea groups is 1. The number of ether oxygens (including phenoxy) is 1. The van der Waals surface area contributed by atoms with Crippen LogP contribution in [0, 0.1) is 0 Å². The van der Waals surface area contributed by atoms with Gasteiger partial charge in [0.1, 0.15) is 5.60 Å². The lowest BCUT2D eigenvalue weighted by Gasteiger charge is -2.43. The van der Waals surface area contributed by atoms with Gasteiger partial charge >= 0.3 is 6.03 Å². The molecule has 2 aromatic carbocycles. The number of carbonyl (C=O) groups excluding carboxylic acids is 1. The smallest absolute Gasteiger partial charge is 0.317 e. The molecule has 0 saturated carbocycles. The van der Waals surface area contributed by atoms with Gasteiger partial charge in [0.15, 0.2) is 0 Å². The van der Waals surface area contributed by atoms with Gasteiger partial charge in [0.2, 0.25) is 0 Å². The van der Waals surface area contributed by atoms with Crippen LogP contribution in [0.25, 0.3) is 10.9 Å². The van der Waals surface area contributed by atoms with Crippen molar-refractivity contribution in [2.45, 2.75) is 31.4 Å². The zero-order valence-electron chi connectivity index (χ0n) is 15.9. The summed E-state index contributed by atoms with van der Waals surface area (Å²) in [6.07, 6.45) is 2.60. The molecule has 5 rings (SSSR count). The Balaban J connectivity index is 1.29.